The maximum atomic E-state index is 5.46. The zero-order valence-electron chi connectivity index (χ0n) is 10.7. The molecule has 4 heteroatoms. The molecule has 0 radical (unpaired) electrons. The molecule has 1 N–H and O–H groups in total. The Morgan fingerprint density at radius 2 is 2.17 bits per heavy atom. The molecule has 1 aromatic rings. The monoisotopic (exact) mass is 310 g/mol. The molecule has 0 unspecified atom stereocenters. The van der Waals surface area contributed by atoms with E-state index >= 15 is 0 Å². The van der Waals surface area contributed by atoms with Crippen molar-refractivity contribution in [2.24, 2.45) is 0 Å². The maximum absolute atomic E-state index is 5.46. The summed E-state index contributed by atoms with van der Waals surface area (Å²) >= 11 is 3.53. The Morgan fingerprint density at radius 1 is 1.44 bits per heavy atom. The van der Waals surface area contributed by atoms with Gasteiger partial charge in [-0.3, -0.25) is 4.90 Å². The van der Waals surface area contributed by atoms with Crippen LogP contribution in [-0.2, 0) is 0 Å². The van der Waals surface area contributed by atoms with E-state index in [2.05, 4.69) is 38.8 Å². The summed E-state index contributed by atoms with van der Waals surface area (Å²) in [6.45, 7) is 8.11. The van der Waals surface area contributed by atoms with Crippen LogP contribution in [0.15, 0.2) is 35.3 Å². The number of benzene rings is 1. The quantitative estimate of drug-likeness (QED) is 0.865. The summed E-state index contributed by atoms with van der Waals surface area (Å²) < 4.78 is 6.53. The second-order valence-electron chi connectivity index (χ2n) is 4.35. The van der Waals surface area contributed by atoms with Crippen LogP contribution in [0.5, 0.6) is 5.75 Å². The number of piperazine rings is 1. The zero-order valence-corrected chi connectivity index (χ0v) is 12.2. The largest absolute Gasteiger partial charge is 0.496 e. The lowest BCUT2D eigenvalue weighted by Crippen LogP contribution is -2.44. The van der Waals surface area contributed by atoms with E-state index in [1.165, 1.54) is 5.56 Å². The van der Waals surface area contributed by atoms with Gasteiger partial charge in [-0.1, -0.05) is 22.0 Å². The van der Waals surface area contributed by atoms with E-state index in [1.807, 2.05) is 18.2 Å². The molecular formula is C14H19BrN2O. The Hall–Kier alpha value is -0.840. The molecule has 1 aromatic carbocycles. The summed E-state index contributed by atoms with van der Waals surface area (Å²) in [5.74, 6) is 0.918. The Morgan fingerprint density at radius 3 is 2.78 bits per heavy atom. The van der Waals surface area contributed by atoms with Gasteiger partial charge in [0, 0.05) is 36.2 Å². The van der Waals surface area contributed by atoms with Crippen LogP contribution >= 0.6 is 15.9 Å². The first-order valence-corrected chi connectivity index (χ1v) is 6.96. The third-order valence-corrected chi connectivity index (χ3v) is 3.77. The Balaban J connectivity index is 2.30. The number of methoxy groups -OCH3 is 1. The fourth-order valence-electron chi connectivity index (χ4n) is 2.37. The van der Waals surface area contributed by atoms with E-state index < -0.39 is 0 Å². The second-order valence-corrected chi connectivity index (χ2v) is 5.27. The van der Waals surface area contributed by atoms with Crippen molar-refractivity contribution in [3.8, 4) is 5.75 Å². The first-order chi connectivity index (χ1) is 8.76. The number of rotatable bonds is 4. The van der Waals surface area contributed by atoms with Gasteiger partial charge >= 0.3 is 0 Å². The summed E-state index contributed by atoms with van der Waals surface area (Å²) in [7, 11) is 1.71. The highest BCUT2D eigenvalue weighted by atomic mass is 79.9. The first kappa shape index (κ1) is 13.6. The molecule has 0 bridgehead atoms. The molecule has 0 spiro atoms. The van der Waals surface area contributed by atoms with Crippen LogP contribution in [0.2, 0.25) is 0 Å². The lowest BCUT2D eigenvalue weighted by molar-refractivity contribution is 0.200. The van der Waals surface area contributed by atoms with Gasteiger partial charge in [0.25, 0.3) is 0 Å². The van der Waals surface area contributed by atoms with Crippen molar-refractivity contribution in [1.29, 1.82) is 0 Å². The highest BCUT2D eigenvalue weighted by molar-refractivity contribution is 9.10. The third kappa shape index (κ3) is 2.94. The number of ether oxygens (including phenoxy) is 1. The summed E-state index contributed by atoms with van der Waals surface area (Å²) in [4.78, 5) is 2.42. The van der Waals surface area contributed by atoms with Crippen molar-refractivity contribution in [3.63, 3.8) is 0 Å². The van der Waals surface area contributed by atoms with E-state index in [9.17, 15) is 0 Å². The molecule has 1 atom stereocenters. The predicted octanol–water partition coefficient (Wildman–Crippen LogP) is 2.59. The molecule has 98 valence electrons. The van der Waals surface area contributed by atoms with Gasteiger partial charge in [0.05, 0.1) is 13.2 Å². The minimum atomic E-state index is 0.208. The van der Waals surface area contributed by atoms with Crippen molar-refractivity contribution < 1.29 is 4.74 Å². The summed E-state index contributed by atoms with van der Waals surface area (Å²) in [5.41, 5.74) is 1.17. The van der Waals surface area contributed by atoms with Crippen LogP contribution in [0.3, 0.4) is 0 Å². The van der Waals surface area contributed by atoms with E-state index in [1.54, 1.807) is 7.11 Å². The third-order valence-electron chi connectivity index (χ3n) is 3.28. The van der Waals surface area contributed by atoms with E-state index in [0.29, 0.717) is 0 Å². The molecule has 18 heavy (non-hydrogen) atoms. The standard InChI is InChI=1S/C14H19BrN2O/c1-3-13(17-8-6-16-7-9-17)12-10-11(15)4-5-14(12)18-2/h3-5,10,13,16H,1,6-9H2,2H3/t13-/m0/s1. The number of nitrogens with one attached hydrogen (secondary N) is 1. The Kier molecular flexibility index (Phi) is 4.80. The molecule has 0 saturated carbocycles. The van der Waals surface area contributed by atoms with Crippen molar-refractivity contribution in [2.45, 2.75) is 6.04 Å². The minimum absolute atomic E-state index is 0.208. The molecule has 1 saturated heterocycles. The van der Waals surface area contributed by atoms with Gasteiger partial charge in [0.1, 0.15) is 5.75 Å². The van der Waals surface area contributed by atoms with Crippen LogP contribution in [0.25, 0.3) is 0 Å². The fourth-order valence-corrected chi connectivity index (χ4v) is 2.75. The smallest absolute Gasteiger partial charge is 0.124 e. The SMILES string of the molecule is C=C[C@@H](c1cc(Br)ccc1OC)N1CCNCC1. The number of hydrogen-bond donors (Lipinski definition) is 1. The topological polar surface area (TPSA) is 24.5 Å². The number of hydrogen-bond acceptors (Lipinski definition) is 3. The molecule has 0 amide bonds. The van der Waals surface area contributed by atoms with Crippen LogP contribution in [0, 0.1) is 0 Å². The normalized spacial score (nSPS) is 18.3. The van der Waals surface area contributed by atoms with Gasteiger partial charge in [-0.15, -0.1) is 6.58 Å². The highest BCUT2D eigenvalue weighted by Gasteiger charge is 2.22. The molecule has 3 nitrogen and oxygen atoms in total. The molecule has 1 aliphatic heterocycles. The molecule has 1 aliphatic rings. The van der Waals surface area contributed by atoms with Crippen molar-refractivity contribution in [2.75, 3.05) is 33.3 Å². The number of nitrogens with zero attached hydrogens (tertiary/aromatic N) is 1. The van der Waals surface area contributed by atoms with Crippen LogP contribution in [0.1, 0.15) is 11.6 Å². The number of halogens is 1. The van der Waals surface area contributed by atoms with Gasteiger partial charge in [0.2, 0.25) is 0 Å². The van der Waals surface area contributed by atoms with Crippen molar-refractivity contribution >= 4 is 15.9 Å². The van der Waals surface area contributed by atoms with E-state index in [0.717, 1.165) is 36.4 Å². The summed E-state index contributed by atoms with van der Waals surface area (Å²) in [5, 5.41) is 3.37. The van der Waals surface area contributed by atoms with E-state index in [4.69, 9.17) is 4.74 Å². The van der Waals surface area contributed by atoms with Gasteiger partial charge in [-0.05, 0) is 18.2 Å². The molecule has 0 aromatic heterocycles. The van der Waals surface area contributed by atoms with Crippen LogP contribution in [0.4, 0.5) is 0 Å². The average molecular weight is 311 g/mol. The summed E-state index contributed by atoms with van der Waals surface area (Å²) in [6.07, 6.45) is 2.00. The van der Waals surface area contributed by atoms with Gasteiger partial charge in [-0.25, -0.2) is 0 Å². The molecule has 0 aliphatic carbocycles. The van der Waals surface area contributed by atoms with E-state index in [-0.39, 0.29) is 6.04 Å². The molecular weight excluding hydrogens is 292 g/mol. The lowest BCUT2D eigenvalue weighted by atomic mass is 10.0. The highest BCUT2D eigenvalue weighted by Crippen LogP contribution is 2.32. The lowest BCUT2D eigenvalue weighted by Gasteiger charge is -2.34. The zero-order chi connectivity index (χ0) is 13.0. The van der Waals surface area contributed by atoms with Crippen LogP contribution in [-0.4, -0.2) is 38.2 Å². The van der Waals surface area contributed by atoms with Crippen molar-refractivity contribution in [3.05, 3.63) is 40.9 Å². The predicted molar refractivity (Wildman–Crippen MR) is 78.1 cm³/mol. The van der Waals surface area contributed by atoms with Gasteiger partial charge < -0.3 is 10.1 Å². The molecule has 1 fully saturated rings. The average Bonchev–Trinajstić information content (AvgIpc) is 2.41. The molecule has 1 heterocycles. The van der Waals surface area contributed by atoms with Crippen LogP contribution < -0.4 is 10.1 Å². The van der Waals surface area contributed by atoms with Gasteiger partial charge in [0.15, 0.2) is 0 Å². The first-order valence-electron chi connectivity index (χ1n) is 6.17. The second kappa shape index (κ2) is 6.36. The minimum Gasteiger partial charge on any atom is -0.496 e. The summed E-state index contributed by atoms with van der Waals surface area (Å²) in [6, 6.07) is 6.32. The molecule has 2 rings (SSSR count). The van der Waals surface area contributed by atoms with Gasteiger partial charge in [-0.2, -0.15) is 0 Å². The van der Waals surface area contributed by atoms with Crippen molar-refractivity contribution in [1.82, 2.24) is 10.2 Å². The Bertz CT molecular complexity index is 416. The maximum Gasteiger partial charge on any atom is 0.124 e. The fraction of sp³-hybridized carbons (Fsp3) is 0.429. The Labute approximate surface area is 117 Å².